The number of aromatic nitrogens is 2. The second kappa shape index (κ2) is 6.95. The number of H-pyrrole nitrogens is 1. The zero-order chi connectivity index (χ0) is 18.8. The number of hydrogen-bond donors (Lipinski definition) is 1. The van der Waals surface area contributed by atoms with Crippen LogP contribution in [0.4, 0.5) is 0 Å². The van der Waals surface area contributed by atoms with Crippen LogP contribution in [0.2, 0.25) is 0 Å². The topological polar surface area (TPSA) is 98.4 Å². The highest BCUT2D eigenvalue weighted by Crippen LogP contribution is 2.20. The highest BCUT2D eigenvalue weighted by molar-refractivity contribution is 6.05. The monoisotopic (exact) mass is 354 g/mol. The third-order valence-corrected chi connectivity index (χ3v) is 4.00. The number of nitrogens with zero attached hydrogens (tertiary/aromatic N) is 1. The Hall–Kier alpha value is -3.22. The van der Waals surface area contributed by atoms with Crippen LogP contribution in [0.25, 0.3) is 21.9 Å². The molecule has 26 heavy (non-hydrogen) atoms. The molecule has 0 aliphatic rings. The van der Waals surface area contributed by atoms with E-state index in [9.17, 15) is 14.4 Å². The van der Waals surface area contributed by atoms with E-state index in [1.54, 1.807) is 39.0 Å². The van der Waals surface area contributed by atoms with Crippen LogP contribution in [0.15, 0.2) is 29.1 Å². The average molecular weight is 354 g/mol. The smallest absolute Gasteiger partial charge is 0.340 e. The fourth-order valence-electron chi connectivity index (χ4n) is 2.81. The normalized spacial score (nSPS) is 10.9. The van der Waals surface area contributed by atoms with Crippen LogP contribution >= 0.6 is 0 Å². The molecule has 0 saturated carbocycles. The summed E-state index contributed by atoms with van der Waals surface area (Å²) in [5.41, 5.74) is 1.27. The average Bonchev–Trinajstić information content (AvgIpc) is 2.61. The lowest BCUT2D eigenvalue weighted by atomic mass is 10.1. The van der Waals surface area contributed by atoms with Crippen LogP contribution in [-0.2, 0) is 9.47 Å². The first-order chi connectivity index (χ1) is 12.5. The molecule has 0 saturated heterocycles. The third kappa shape index (κ3) is 2.92. The molecule has 0 aliphatic heterocycles. The van der Waals surface area contributed by atoms with Gasteiger partial charge in [-0.05, 0) is 39.0 Å². The van der Waals surface area contributed by atoms with Gasteiger partial charge in [-0.1, -0.05) is 6.07 Å². The van der Waals surface area contributed by atoms with Crippen molar-refractivity contribution < 1.29 is 19.1 Å². The van der Waals surface area contributed by atoms with Crippen molar-refractivity contribution in [2.24, 2.45) is 0 Å². The fourth-order valence-corrected chi connectivity index (χ4v) is 2.81. The maximum absolute atomic E-state index is 12.9. The van der Waals surface area contributed by atoms with Gasteiger partial charge in [-0.2, -0.15) is 0 Å². The molecule has 0 unspecified atom stereocenters. The summed E-state index contributed by atoms with van der Waals surface area (Å²) in [4.78, 5) is 44.5. The summed E-state index contributed by atoms with van der Waals surface area (Å²) >= 11 is 0. The number of hydrogen-bond acceptors (Lipinski definition) is 6. The van der Waals surface area contributed by atoms with Crippen molar-refractivity contribution in [1.82, 2.24) is 9.97 Å². The van der Waals surface area contributed by atoms with E-state index in [2.05, 4.69) is 9.97 Å². The Labute approximate surface area is 149 Å². The number of ether oxygens (including phenoxy) is 2. The SMILES string of the molecule is CCOC(=O)c1cc2c(=O)c3cccc(C(=O)OCC)c3[nH]c2nc1C. The molecule has 3 rings (SSSR count). The number of rotatable bonds is 4. The van der Waals surface area contributed by atoms with Crippen molar-refractivity contribution in [3.63, 3.8) is 0 Å². The minimum atomic E-state index is -0.529. The Morgan fingerprint density at radius 2 is 1.69 bits per heavy atom. The molecule has 0 aliphatic carbocycles. The quantitative estimate of drug-likeness (QED) is 0.571. The molecule has 2 heterocycles. The second-order valence-electron chi connectivity index (χ2n) is 5.64. The van der Waals surface area contributed by atoms with E-state index in [4.69, 9.17) is 9.47 Å². The summed E-state index contributed by atoms with van der Waals surface area (Å²) in [6, 6.07) is 6.29. The van der Waals surface area contributed by atoms with E-state index in [1.165, 1.54) is 6.07 Å². The van der Waals surface area contributed by atoms with Crippen molar-refractivity contribution in [2.45, 2.75) is 20.8 Å². The van der Waals surface area contributed by atoms with Gasteiger partial charge in [-0.3, -0.25) is 4.79 Å². The van der Waals surface area contributed by atoms with Crippen molar-refractivity contribution in [2.75, 3.05) is 13.2 Å². The third-order valence-electron chi connectivity index (χ3n) is 4.00. The summed E-state index contributed by atoms with van der Waals surface area (Å²) in [5, 5.41) is 0.579. The molecule has 0 fully saturated rings. The lowest BCUT2D eigenvalue weighted by Gasteiger charge is -2.10. The number of benzene rings is 1. The number of fused-ring (bicyclic) bond motifs is 2. The largest absolute Gasteiger partial charge is 0.462 e. The fraction of sp³-hybridized carbons (Fsp3) is 0.263. The molecule has 1 N–H and O–H groups in total. The molecule has 7 nitrogen and oxygen atoms in total. The predicted octanol–water partition coefficient (Wildman–Crippen LogP) is 2.74. The van der Waals surface area contributed by atoms with Gasteiger partial charge in [0.05, 0.1) is 40.9 Å². The minimum absolute atomic E-state index is 0.229. The number of para-hydroxylation sites is 1. The van der Waals surface area contributed by atoms with Gasteiger partial charge in [0.2, 0.25) is 0 Å². The van der Waals surface area contributed by atoms with Gasteiger partial charge >= 0.3 is 11.9 Å². The number of esters is 2. The zero-order valence-corrected chi connectivity index (χ0v) is 14.7. The number of carbonyl (C=O) groups is 2. The van der Waals surface area contributed by atoms with E-state index in [0.717, 1.165) is 0 Å². The van der Waals surface area contributed by atoms with E-state index in [-0.39, 0.29) is 35.2 Å². The van der Waals surface area contributed by atoms with Crippen LogP contribution in [0.3, 0.4) is 0 Å². The van der Waals surface area contributed by atoms with E-state index < -0.39 is 11.9 Å². The number of nitrogens with one attached hydrogen (secondary N) is 1. The summed E-state index contributed by atoms with van der Waals surface area (Å²) in [6.45, 7) is 5.54. The highest BCUT2D eigenvalue weighted by Gasteiger charge is 2.18. The molecule has 0 bridgehead atoms. The van der Waals surface area contributed by atoms with Crippen LogP contribution in [0.1, 0.15) is 40.3 Å². The molecule has 3 aromatic rings. The minimum Gasteiger partial charge on any atom is -0.462 e. The van der Waals surface area contributed by atoms with Gasteiger partial charge in [0, 0.05) is 5.39 Å². The first kappa shape index (κ1) is 17.6. The van der Waals surface area contributed by atoms with E-state index >= 15 is 0 Å². The van der Waals surface area contributed by atoms with Crippen molar-refractivity contribution in [3.05, 3.63) is 51.3 Å². The van der Waals surface area contributed by atoms with Crippen LogP contribution in [0, 0.1) is 6.92 Å². The molecule has 0 radical (unpaired) electrons. The summed E-state index contributed by atoms with van der Waals surface area (Å²) in [5.74, 6) is -1.05. The summed E-state index contributed by atoms with van der Waals surface area (Å²) < 4.78 is 10.1. The van der Waals surface area contributed by atoms with Gasteiger partial charge in [-0.25, -0.2) is 14.6 Å². The number of aryl methyl sites for hydroxylation is 1. The molecule has 2 aromatic heterocycles. The summed E-state index contributed by atoms with van der Waals surface area (Å²) in [7, 11) is 0. The van der Waals surface area contributed by atoms with E-state index in [1.807, 2.05) is 0 Å². The van der Waals surface area contributed by atoms with Crippen LogP contribution in [0.5, 0.6) is 0 Å². The molecule has 0 spiro atoms. The van der Waals surface area contributed by atoms with Crippen molar-refractivity contribution in [3.8, 4) is 0 Å². The molecular formula is C19H18N2O5. The standard InChI is InChI=1S/C19H18N2O5/c1-4-25-18(23)12-8-6-7-11-15(12)21-17-14(16(11)22)9-13(10(3)20-17)19(24)26-5-2/h6-9H,4-5H2,1-3H3,(H,20,21,22). The molecule has 134 valence electrons. The molecule has 0 atom stereocenters. The number of pyridine rings is 2. The van der Waals surface area contributed by atoms with Gasteiger partial charge < -0.3 is 14.5 Å². The molecule has 0 amide bonds. The van der Waals surface area contributed by atoms with Crippen molar-refractivity contribution >= 4 is 33.9 Å². The van der Waals surface area contributed by atoms with Gasteiger partial charge in [0.25, 0.3) is 0 Å². The first-order valence-electron chi connectivity index (χ1n) is 8.28. The Morgan fingerprint density at radius 3 is 2.35 bits per heavy atom. The zero-order valence-electron chi connectivity index (χ0n) is 14.7. The number of aromatic amines is 1. The van der Waals surface area contributed by atoms with E-state index in [0.29, 0.717) is 22.2 Å². The summed E-state index contributed by atoms with van der Waals surface area (Å²) in [6.07, 6.45) is 0. The Bertz CT molecular complexity index is 1080. The van der Waals surface area contributed by atoms with Gasteiger partial charge in [-0.15, -0.1) is 0 Å². The number of carbonyl (C=O) groups excluding carboxylic acids is 2. The highest BCUT2D eigenvalue weighted by atomic mass is 16.5. The molecule has 7 heteroatoms. The lowest BCUT2D eigenvalue weighted by molar-refractivity contribution is 0.0517. The van der Waals surface area contributed by atoms with Crippen molar-refractivity contribution in [1.29, 1.82) is 0 Å². The first-order valence-corrected chi connectivity index (χ1v) is 8.28. The maximum atomic E-state index is 12.9. The van der Waals surface area contributed by atoms with Crippen LogP contribution < -0.4 is 5.43 Å². The Balaban J connectivity index is 2.31. The van der Waals surface area contributed by atoms with Crippen LogP contribution in [-0.4, -0.2) is 35.1 Å². The Morgan fingerprint density at radius 1 is 1.04 bits per heavy atom. The maximum Gasteiger partial charge on any atom is 0.340 e. The molecular weight excluding hydrogens is 336 g/mol. The predicted molar refractivity (Wildman–Crippen MR) is 96.5 cm³/mol. The second-order valence-corrected chi connectivity index (χ2v) is 5.64. The van der Waals surface area contributed by atoms with Gasteiger partial charge in [0.15, 0.2) is 5.43 Å². The Kier molecular flexibility index (Phi) is 4.71. The lowest BCUT2D eigenvalue weighted by Crippen LogP contribution is -2.14. The molecule has 1 aromatic carbocycles. The van der Waals surface area contributed by atoms with Gasteiger partial charge in [0.1, 0.15) is 5.65 Å².